The van der Waals surface area contributed by atoms with Gasteiger partial charge >= 0.3 is 23.9 Å². The zero-order valence-corrected chi connectivity index (χ0v) is 39.8. The number of carbonyl (C=O) groups excluding carboxylic acids is 4. The number of hydrogen-bond acceptors (Lipinski definition) is 16. The van der Waals surface area contributed by atoms with Crippen LogP contribution in [0.4, 0.5) is 0 Å². The molecule has 5 aromatic rings. The highest BCUT2D eigenvalue weighted by atomic mass is 35.5. The second-order valence-electron chi connectivity index (χ2n) is 16.8. The molecule has 8 fully saturated rings. The van der Waals surface area contributed by atoms with E-state index in [0.717, 1.165) is 0 Å². The molecule has 14 atom stereocenters. The monoisotopic (exact) mass is 1040 g/mol. The summed E-state index contributed by atoms with van der Waals surface area (Å²) in [7, 11) is 0. The van der Waals surface area contributed by atoms with E-state index in [-0.39, 0.29) is 22.3 Å². The maximum Gasteiger partial charge on any atom is 0.338 e. The smallest absolute Gasteiger partial charge is 0.338 e. The third kappa shape index (κ3) is 10.8. The summed E-state index contributed by atoms with van der Waals surface area (Å²) in [5.41, 5.74) is 3.71. The Balaban J connectivity index is 0.000000150. The predicted molar refractivity (Wildman–Crippen MR) is 247 cm³/mol. The number of aliphatic hydroxyl groups excluding tert-OH is 2. The lowest BCUT2D eigenvalue weighted by molar-refractivity contribution is -0.479. The second kappa shape index (κ2) is 21.3. The van der Waals surface area contributed by atoms with Crippen molar-refractivity contribution >= 4 is 70.3 Å². The van der Waals surface area contributed by atoms with E-state index in [1.165, 1.54) is 59.7 Å². The Morgan fingerprint density at radius 2 is 0.557 bits per heavy atom. The van der Waals surface area contributed by atoms with Gasteiger partial charge in [0, 0.05) is 20.1 Å². The normalized spacial score (nSPS) is 30.5. The summed E-state index contributed by atoms with van der Waals surface area (Å²) in [6.45, 7) is 2.11. The number of halogens is 4. The van der Waals surface area contributed by atoms with Crippen LogP contribution in [0.1, 0.15) is 52.6 Å². The highest BCUT2D eigenvalue weighted by molar-refractivity contribution is 6.31. The first kappa shape index (κ1) is 49.8. The molecule has 2 aliphatic carbocycles. The molecule has 2 saturated carbocycles. The molecule has 0 aromatic heterocycles. The van der Waals surface area contributed by atoms with Crippen LogP contribution >= 0.6 is 46.4 Å². The van der Waals surface area contributed by atoms with Gasteiger partial charge < -0.3 is 57.6 Å². The van der Waals surface area contributed by atoms with Crippen LogP contribution in [0.2, 0.25) is 20.1 Å². The number of ether oxygens (including phenoxy) is 10. The van der Waals surface area contributed by atoms with Gasteiger partial charge in [0.2, 0.25) is 0 Å². The van der Waals surface area contributed by atoms with Gasteiger partial charge in [0.15, 0.2) is 24.4 Å². The second-order valence-corrected chi connectivity index (χ2v) is 18.6. The van der Waals surface area contributed by atoms with Gasteiger partial charge in [-0.15, -0.1) is 0 Å². The van der Waals surface area contributed by atoms with Gasteiger partial charge in [-0.25, -0.2) is 19.2 Å². The van der Waals surface area contributed by atoms with Crippen LogP contribution in [0.3, 0.4) is 0 Å². The SMILES string of the molecule is Cc1ccc(C)cc1.O=C(O[C@@H]1C2OC3O[C@@H]1C(O)[C@H](O3)[C@@H]2OC(=O)c1ccc(Cl)cc1)c1ccc(Cl)cc1.O=C(O[C@H]1C2OC3O[C@@H]1C(O)[C@H](O3)[C@H]2OC(=O)c1ccc(Cl)cc1)c1ccc(Cl)cc1. The fraction of sp³-hybridized carbons (Fsp3) is 0.320. The van der Waals surface area contributed by atoms with Crippen molar-refractivity contribution in [2.45, 2.75) is 100 Å². The Hall–Kier alpha value is -5.18. The molecule has 6 aliphatic heterocycles. The summed E-state index contributed by atoms with van der Waals surface area (Å²) in [5.74, 6) is -2.62. The fourth-order valence-corrected chi connectivity index (χ4v) is 8.96. The molecule has 366 valence electrons. The Labute approximate surface area is 420 Å². The molecule has 0 spiro atoms. The van der Waals surface area contributed by atoms with Crippen molar-refractivity contribution in [1.82, 2.24) is 0 Å². The number of benzene rings is 5. The first-order chi connectivity index (χ1) is 33.6. The number of aryl methyl sites for hydroxylation is 2. The lowest BCUT2D eigenvalue weighted by Gasteiger charge is -2.56. The predicted octanol–water partition coefficient (Wildman–Crippen LogP) is 7.47. The first-order valence-electron chi connectivity index (χ1n) is 21.8. The molecule has 2 N–H and O–H groups in total. The summed E-state index contributed by atoms with van der Waals surface area (Å²) in [6, 6.07) is 33.0. The summed E-state index contributed by atoms with van der Waals surface area (Å²) in [5, 5.41) is 23.3. The van der Waals surface area contributed by atoms with Gasteiger partial charge in [-0.2, -0.15) is 0 Å². The number of hydrogen-bond donors (Lipinski definition) is 2. The van der Waals surface area contributed by atoms with Crippen LogP contribution in [0.15, 0.2) is 121 Å². The molecule has 6 saturated heterocycles. The Bertz CT molecular complexity index is 2340. The van der Waals surface area contributed by atoms with Crippen molar-refractivity contribution in [3.63, 3.8) is 0 Å². The van der Waals surface area contributed by atoms with E-state index >= 15 is 0 Å². The molecule has 8 aliphatic rings. The molecule has 6 heterocycles. The molecule has 0 amide bonds. The summed E-state index contributed by atoms with van der Waals surface area (Å²) in [4.78, 5) is 50.5. The van der Waals surface area contributed by atoms with Gasteiger partial charge in [0.05, 0.1) is 22.3 Å². The van der Waals surface area contributed by atoms with Crippen molar-refractivity contribution in [1.29, 1.82) is 0 Å². The Morgan fingerprint density at radius 3 is 0.771 bits per heavy atom. The average molecular weight is 1040 g/mol. The minimum Gasteiger partial charge on any atom is -0.453 e. The molecule has 20 heteroatoms. The highest BCUT2D eigenvalue weighted by Gasteiger charge is 2.66. The van der Waals surface area contributed by atoms with Gasteiger partial charge in [0.25, 0.3) is 13.0 Å². The zero-order chi connectivity index (χ0) is 49.4. The average Bonchev–Trinajstić information content (AvgIpc) is 3.35. The van der Waals surface area contributed by atoms with Crippen molar-refractivity contribution in [3.8, 4) is 0 Å². The van der Waals surface area contributed by atoms with Crippen LogP contribution in [0, 0.1) is 13.8 Å². The minimum atomic E-state index is -1.19. The maximum absolute atomic E-state index is 12.6. The van der Waals surface area contributed by atoms with E-state index in [1.54, 1.807) is 48.5 Å². The fourth-order valence-electron chi connectivity index (χ4n) is 8.46. The van der Waals surface area contributed by atoms with Crippen LogP contribution in [-0.4, -0.2) is 120 Å². The summed E-state index contributed by atoms with van der Waals surface area (Å²) >= 11 is 23.4. The van der Waals surface area contributed by atoms with Crippen LogP contribution < -0.4 is 0 Å². The molecule has 70 heavy (non-hydrogen) atoms. The Kier molecular flexibility index (Phi) is 15.1. The zero-order valence-electron chi connectivity index (χ0n) is 36.8. The molecule has 8 bridgehead atoms. The molecular weight excluding hydrogens is 998 g/mol. The molecule has 5 aromatic carbocycles. The number of aliphatic hydroxyl groups is 2. The lowest BCUT2D eigenvalue weighted by atomic mass is 9.82. The molecule has 6 unspecified atom stereocenters. The van der Waals surface area contributed by atoms with E-state index in [0.29, 0.717) is 20.1 Å². The quantitative estimate of drug-likeness (QED) is 0.114. The van der Waals surface area contributed by atoms with Crippen molar-refractivity contribution in [3.05, 3.63) is 175 Å². The minimum absolute atomic E-state index is 0.263. The Morgan fingerprint density at radius 1 is 0.357 bits per heavy atom. The summed E-state index contributed by atoms with van der Waals surface area (Å²) < 4.78 is 55.7. The summed E-state index contributed by atoms with van der Waals surface area (Å²) in [6.07, 6.45) is -11.7. The van der Waals surface area contributed by atoms with E-state index in [4.69, 9.17) is 93.8 Å². The van der Waals surface area contributed by atoms with E-state index < -0.39 is 110 Å². The topological polar surface area (TPSA) is 201 Å². The molecule has 13 rings (SSSR count). The van der Waals surface area contributed by atoms with Crippen molar-refractivity contribution in [2.75, 3.05) is 0 Å². The third-order valence-corrected chi connectivity index (χ3v) is 13.1. The number of rotatable bonds is 8. The molecule has 16 nitrogen and oxygen atoms in total. The van der Waals surface area contributed by atoms with Crippen molar-refractivity contribution in [2.24, 2.45) is 0 Å². The standard InChI is InChI=1S/2C21H16Cl2O8.C8H10/c2*22-11-5-1-9(2-6-11)19(25)27-16-14-13(24)15-17(18(16)31-21(29-14)30-15)28-20(26)10-3-7-12(23)8-4-10;1-7-3-5-8(2)6-4-7/h2*1-8,13-18,21,24H;3-6H,1-2H3/t2*13?,14-,15+,16-,17-,18?,21?;/m10./s1. The van der Waals surface area contributed by atoms with Gasteiger partial charge in [-0.3, -0.25) is 0 Å². The number of carbonyl (C=O) groups is 4. The van der Waals surface area contributed by atoms with E-state index in [1.807, 2.05) is 0 Å². The lowest BCUT2D eigenvalue weighted by Crippen LogP contribution is -2.76. The van der Waals surface area contributed by atoms with Crippen LogP contribution in [-0.2, 0) is 47.4 Å². The third-order valence-electron chi connectivity index (χ3n) is 12.1. The van der Waals surface area contributed by atoms with Crippen LogP contribution in [0.5, 0.6) is 0 Å². The van der Waals surface area contributed by atoms with E-state index in [2.05, 4.69) is 38.1 Å². The maximum atomic E-state index is 12.6. The largest absolute Gasteiger partial charge is 0.453 e. The number of esters is 4. The molecular formula is C50H42Cl4O16. The van der Waals surface area contributed by atoms with Crippen LogP contribution in [0.25, 0.3) is 0 Å². The first-order valence-corrected chi connectivity index (χ1v) is 23.3. The molecule has 0 radical (unpaired) electrons. The van der Waals surface area contributed by atoms with E-state index in [9.17, 15) is 29.4 Å². The van der Waals surface area contributed by atoms with Gasteiger partial charge in [-0.1, -0.05) is 81.8 Å². The van der Waals surface area contributed by atoms with Crippen molar-refractivity contribution < 1.29 is 76.8 Å². The highest BCUT2D eigenvalue weighted by Crippen LogP contribution is 2.44. The van der Waals surface area contributed by atoms with Gasteiger partial charge in [-0.05, 0) is 111 Å². The van der Waals surface area contributed by atoms with Gasteiger partial charge in [0.1, 0.15) is 48.8 Å².